The van der Waals surface area contributed by atoms with Gasteiger partial charge in [0, 0.05) is 12.8 Å². The lowest BCUT2D eigenvalue weighted by Crippen LogP contribution is -2.45. The second kappa shape index (κ2) is 77.5. The van der Waals surface area contributed by atoms with Crippen LogP contribution in [0.25, 0.3) is 0 Å². The van der Waals surface area contributed by atoms with E-state index in [1.807, 2.05) is 0 Å². The number of rotatable bonds is 76. The molecule has 0 fully saturated rings. The molecule has 0 aliphatic carbocycles. The van der Waals surface area contributed by atoms with Crippen LogP contribution in [0.2, 0.25) is 0 Å². The Bertz CT molecular complexity index is 1430. The van der Waals surface area contributed by atoms with Crippen molar-refractivity contribution in [3.05, 3.63) is 36.5 Å². The molecule has 0 aliphatic rings. The molecule has 0 aliphatic heterocycles. The van der Waals surface area contributed by atoms with Crippen molar-refractivity contribution in [1.29, 1.82) is 0 Å². The smallest absolute Gasteiger partial charge is 0.305 e. The summed E-state index contributed by atoms with van der Waals surface area (Å²) < 4.78 is 5.51. The topological polar surface area (TPSA) is 95.9 Å². The van der Waals surface area contributed by atoms with Crippen LogP contribution in [0, 0.1) is 0 Å². The molecule has 6 heteroatoms. The van der Waals surface area contributed by atoms with Crippen LogP contribution in [0.5, 0.6) is 0 Å². The highest BCUT2D eigenvalue weighted by Crippen LogP contribution is 2.20. The second-order valence-corrected chi connectivity index (χ2v) is 27.7. The lowest BCUT2D eigenvalue weighted by molar-refractivity contribution is -0.143. The molecule has 6 nitrogen and oxygen atoms in total. The van der Waals surface area contributed by atoms with E-state index in [0.29, 0.717) is 25.9 Å². The molecule has 0 rings (SSSR count). The zero-order valence-corrected chi connectivity index (χ0v) is 59.7. The van der Waals surface area contributed by atoms with E-state index in [1.54, 1.807) is 0 Å². The summed E-state index contributed by atoms with van der Waals surface area (Å²) >= 11 is 0. The molecule has 0 bridgehead atoms. The minimum Gasteiger partial charge on any atom is -0.466 e. The summed E-state index contributed by atoms with van der Waals surface area (Å²) in [5.41, 5.74) is 0. The van der Waals surface area contributed by atoms with Gasteiger partial charge in [-0.15, -0.1) is 0 Å². The van der Waals surface area contributed by atoms with Crippen molar-refractivity contribution in [2.24, 2.45) is 0 Å². The van der Waals surface area contributed by atoms with Crippen LogP contribution in [0.4, 0.5) is 0 Å². The average Bonchev–Trinajstić information content (AvgIpc) is 3.58. The third kappa shape index (κ3) is 73.1. The van der Waals surface area contributed by atoms with Crippen molar-refractivity contribution in [2.75, 3.05) is 13.2 Å². The normalized spacial score (nSPS) is 12.6. The minimum absolute atomic E-state index is 0.0124. The van der Waals surface area contributed by atoms with Gasteiger partial charge in [0.15, 0.2) is 0 Å². The number of aliphatic hydroxyl groups is 2. The first-order chi connectivity index (χ1) is 43.5. The van der Waals surface area contributed by atoms with Crippen LogP contribution in [-0.2, 0) is 14.3 Å². The fourth-order valence-corrected chi connectivity index (χ4v) is 12.8. The predicted molar refractivity (Wildman–Crippen MR) is 389 cm³/mol. The summed E-state index contributed by atoms with van der Waals surface area (Å²) in [6, 6.07) is -0.544. The molecule has 0 radical (unpaired) electrons. The first-order valence-corrected chi connectivity index (χ1v) is 40.2. The van der Waals surface area contributed by atoms with Crippen molar-refractivity contribution >= 4 is 11.9 Å². The van der Waals surface area contributed by atoms with E-state index in [1.165, 1.54) is 366 Å². The first kappa shape index (κ1) is 86.1. The molecule has 3 N–H and O–H groups in total. The molecule has 0 spiro atoms. The summed E-state index contributed by atoms with van der Waals surface area (Å²) in [7, 11) is 0. The summed E-state index contributed by atoms with van der Waals surface area (Å²) in [5.74, 6) is -0.0180. The lowest BCUT2D eigenvalue weighted by atomic mass is 10.0. The highest BCUT2D eigenvalue weighted by molar-refractivity contribution is 5.76. The van der Waals surface area contributed by atoms with Gasteiger partial charge in [0.1, 0.15) is 0 Å². The maximum absolute atomic E-state index is 12.6. The molecule has 0 saturated heterocycles. The van der Waals surface area contributed by atoms with Gasteiger partial charge in [0.25, 0.3) is 0 Å². The molecule has 2 atom stereocenters. The van der Waals surface area contributed by atoms with Gasteiger partial charge in [-0.3, -0.25) is 9.59 Å². The van der Waals surface area contributed by atoms with Crippen LogP contribution < -0.4 is 5.32 Å². The molecule has 0 aromatic rings. The Hall–Kier alpha value is -1.92. The van der Waals surface area contributed by atoms with Crippen LogP contribution in [-0.4, -0.2) is 47.4 Å². The minimum atomic E-state index is -0.667. The van der Waals surface area contributed by atoms with Gasteiger partial charge in [-0.1, -0.05) is 391 Å². The molecule has 0 saturated carbocycles. The fraction of sp³-hybridized carbons (Fsp3) is 0.902. The molecule has 1 amide bonds. The third-order valence-corrected chi connectivity index (χ3v) is 18.9. The summed E-state index contributed by atoms with van der Waals surface area (Å²) in [6.45, 7) is 4.98. The molecule has 88 heavy (non-hydrogen) atoms. The van der Waals surface area contributed by atoms with Crippen LogP contribution in [0.15, 0.2) is 36.5 Å². The highest BCUT2D eigenvalue weighted by atomic mass is 16.5. The van der Waals surface area contributed by atoms with Crippen molar-refractivity contribution < 1.29 is 24.5 Å². The number of ether oxygens (including phenoxy) is 1. The molecule has 2 unspecified atom stereocenters. The number of hydrogen-bond acceptors (Lipinski definition) is 5. The number of unbranched alkanes of at least 4 members (excludes halogenated alkanes) is 59. The Balaban J connectivity index is 3.38. The average molecular weight is 1240 g/mol. The van der Waals surface area contributed by atoms with Gasteiger partial charge < -0.3 is 20.3 Å². The molecule has 520 valence electrons. The first-order valence-electron chi connectivity index (χ1n) is 40.2. The van der Waals surface area contributed by atoms with E-state index < -0.39 is 12.1 Å². The standard InChI is InChI=1S/C82H157NO5/c1-3-5-7-9-11-13-15-17-19-21-23-24-25-29-32-35-39-42-46-50-54-58-62-66-70-74-80(85)79(78-84)83-81(86)75-71-67-63-59-55-51-47-43-40-36-33-30-27-26-28-31-34-37-41-45-49-53-57-61-65-69-73-77-88-82(87)76-72-68-64-60-56-52-48-44-38-22-20-18-16-14-12-10-8-6-4-2/h12,14,18,20,26-27,79-80,84-85H,3-11,13,15-17,19,21-25,28-78H2,1-2H3,(H,83,86)/b14-12-,20-18-,27-26-. The monoisotopic (exact) mass is 1240 g/mol. The third-order valence-electron chi connectivity index (χ3n) is 18.9. The largest absolute Gasteiger partial charge is 0.466 e. The zero-order chi connectivity index (χ0) is 63.5. The molecule has 0 aromatic heterocycles. The number of aliphatic hydroxyl groups excluding tert-OH is 2. The fourth-order valence-electron chi connectivity index (χ4n) is 12.8. The van der Waals surface area contributed by atoms with E-state index >= 15 is 0 Å². The summed E-state index contributed by atoms with van der Waals surface area (Å²) in [6.07, 6.45) is 101. The number of carbonyl (C=O) groups is 2. The van der Waals surface area contributed by atoms with E-state index in [4.69, 9.17) is 4.74 Å². The molecule has 0 aromatic carbocycles. The number of carbonyl (C=O) groups excluding carboxylic acids is 2. The molecular formula is C82H157NO5. The van der Waals surface area contributed by atoms with Crippen LogP contribution in [0.1, 0.15) is 450 Å². The Morgan fingerprint density at radius 2 is 0.568 bits per heavy atom. The highest BCUT2D eigenvalue weighted by Gasteiger charge is 2.20. The number of amides is 1. The van der Waals surface area contributed by atoms with E-state index in [-0.39, 0.29) is 18.5 Å². The maximum atomic E-state index is 12.6. The number of esters is 1. The maximum Gasteiger partial charge on any atom is 0.305 e. The van der Waals surface area contributed by atoms with Gasteiger partial charge in [0.05, 0.1) is 25.4 Å². The van der Waals surface area contributed by atoms with Crippen molar-refractivity contribution in [1.82, 2.24) is 5.32 Å². The van der Waals surface area contributed by atoms with E-state index in [9.17, 15) is 19.8 Å². The van der Waals surface area contributed by atoms with Crippen molar-refractivity contribution in [3.63, 3.8) is 0 Å². The number of nitrogens with one attached hydrogen (secondary N) is 1. The van der Waals surface area contributed by atoms with Crippen LogP contribution >= 0.6 is 0 Å². The van der Waals surface area contributed by atoms with Gasteiger partial charge in [0.2, 0.25) is 5.91 Å². The molecule has 0 heterocycles. The van der Waals surface area contributed by atoms with Crippen molar-refractivity contribution in [2.45, 2.75) is 463 Å². The van der Waals surface area contributed by atoms with Gasteiger partial charge in [-0.2, -0.15) is 0 Å². The van der Waals surface area contributed by atoms with Gasteiger partial charge in [-0.05, 0) is 83.5 Å². The number of allylic oxidation sites excluding steroid dienone is 6. The van der Waals surface area contributed by atoms with Crippen LogP contribution in [0.3, 0.4) is 0 Å². The Morgan fingerprint density at radius 1 is 0.318 bits per heavy atom. The second-order valence-electron chi connectivity index (χ2n) is 27.7. The Labute approximate surface area is 551 Å². The molecular weight excluding hydrogens is 1080 g/mol. The quantitative estimate of drug-likeness (QED) is 0.0320. The van der Waals surface area contributed by atoms with Gasteiger partial charge in [-0.25, -0.2) is 0 Å². The zero-order valence-electron chi connectivity index (χ0n) is 59.7. The summed E-state index contributed by atoms with van der Waals surface area (Å²) in [4.78, 5) is 24.7. The SMILES string of the molecule is CCCCC/C=C\C/C=C\CCCCCCCCCCCC(=O)OCCCCCCCCCCCCCC/C=C\CCCCCCCCCCCCCC(=O)NC(CO)C(O)CCCCCCCCCCCCCCCCCCCCCCCCCCC. The van der Waals surface area contributed by atoms with Gasteiger partial charge >= 0.3 is 5.97 Å². The van der Waals surface area contributed by atoms with Crippen molar-refractivity contribution in [3.8, 4) is 0 Å². The number of hydrogen-bond donors (Lipinski definition) is 3. The Morgan fingerprint density at radius 3 is 0.898 bits per heavy atom. The summed E-state index contributed by atoms with van der Waals surface area (Å²) in [5, 5.41) is 23.5. The lowest BCUT2D eigenvalue weighted by Gasteiger charge is -2.22. The predicted octanol–water partition coefficient (Wildman–Crippen LogP) is 26.6. The Kier molecular flexibility index (Phi) is 75.8. The van der Waals surface area contributed by atoms with E-state index in [0.717, 1.165) is 51.4 Å². The van der Waals surface area contributed by atoms with E-state index in [2.05, 4.69) is 55.6 Å².